The van der Waals surface area contributed by atoms with Crippen LogP contribution in [0.4, 0.5) is 0 Å². The van der Waals surface area contributed by atoms with E-state index >= 15 is 0 Å². The molecule has 0 aromatic carbocycles. The summed E-state index contributed by atoms with van der Waals surface area (Å²) < 4.78 is 0. The SMILES string of the molecule is Cc1[c-][nH]cc1.[Cl-].[Cl-].[Os+2]. The van der Waals surface area contributed by atoms with Crippen molar-refractivity contribution in [3.63, 3.8) is 0 Å². The van der Waals surface area contributed by atoms with E-state index in [1.807, 2.05) is 19.2 Å². The summed E-state index contributed by atoms with van der Waals surface area (Å²) in [6.07, 6.45) is 4.73. The first-order chi connectivity index (χ1) is 2.89. The summed E-state index contributed by atoms with van der Waals surface area (Å²) in [4.78, 5) is 2.80. The molecular formula is C5H6Cl2NOs-. The third-order valence-electron chi connectivity index (χ3n) is 0.686. The Morgan fingerprint density at radius 2 is 2.00 bits per heavy atom. The zero-order chi connectivity index (χ0) is 4.41. The predicted molar refractivity (Wildman–Crippen MR) is 24.4 cm³/mol. The summed E-state index contributed by atoms with van der Waals surface area (Å²) in [5, 5.41) is 0. The topological polar surface area (TPSA) is 15.8 Å². The molecule has 9 heavy (non-hydrogen) atoms. The van der Waals surface area contributed by atoms with Gasteiger partial charge < -0.3 is 29.8 Å². The third-order valence-corrected chi connectivity index (χ3v) is 0.686. The van der Waals surface area contributed by atoms with Gasteiger partial charge in [-0.25, -0.2) is 0 Å². The standard InChI is InChI=1S/C5H6N.2ClH.Os/c1-5-2-3-6-4-5;;;/h2-3,6H,1H3;2*1H;/q-1;;;+2/p-2. The van der Waals surface area contributed by atoms with Gasteiger partial charge in [-0.3, -0.25) is 0 Å². The van der Waals surface area contributed by atoms with Crippen molar-refractivity contribution in [2.45, 2.75) is 6.92 Å². The van der Waals surface area contributed by atoms with Crippen LogP contribution in [0.3, 0.4) is 0 Å². The van der Waals surface area contributed by atoms with Crippen LogP contribution >= 0.6 is 0 Å². The molecule has 0 amide bonds. The molecule has 54 valence electrons. The van der Waals surface area contributed by atoms with Crippen LogP contribution in [0.2, 0.25) is 0 Å². The summed E-state index contributed by atoms with van der Waals surface area (Å²) >= 11 is 0. The van der Waals surface area contributed by atoms with Gasteiger partial charge in [-0.05, 0) is 0 Å². The summed E-state index contributed by atoms with van der Waals surface area (Å²) in [6, 6.07) is 1.97. The Kier molecular flexibility index (Phi) is 15.3. The van der Waals surface area contributed by atoms with Gasteiger partial charge in [-0.1, -0.05) is 6.92 Å². The van der Waals surface area contributed by atoms with Crippen LogP contribution in [-0.4, -0.2) is 4.98 Å². The van der Waals surface area contributed by atoms with Crippen molar-refractivity contribution in [3.8, 4) is 0 Å². The zero-order valence-corrected chi connectivity index (χ0v) is 8.82. The molecule has 1 aromatic rings. The van der Waals surface area contributed by atoms with Crippen molar-refractivity contribution >= 4 is 0 Å². The number of H-pyrrole nitrogens is 1. The van der Waals surface area contributed by atoms with Crippen LogP contribution in [-0.2, 0) is 19.8 Å². The summed E-state index contributed by atoms with van der Waals surface area (Å²) in [5.41, 5.74) is 1.16. The van der Waals surface area contributed by atoms with Crippen molar-refractivity contribution in [2.24, 2.45) is 0 Å². The maximum atomic E-state index is 2.88. The number of hydrogen-bond donors (Lipinski definition) is 1. The molecule has 0 aliphatic carbocycles. The van der Waals surface area contributed by atoms with Crippen LogP contribution in [0.25, 0.3) is 0 Å². The second-order valence-corrected chi connectivity index (χ2v) is 1.29. The first kappa shape index (κ1) is 16.2. The van der Waals surface area contributed by atoms with Gasteiger partial charge in [-0.15, -0.1) is 6.20 Å². The fourth-order valence-corrected chi connectivity index (χ4v) is 0.364. The van der Waals surface area contributed by atoms with Crippen LogP contribution in [0.15, 0.2) is 12.3 Å². The van der Waals surface area contributed by atoms with Crippen molar-refractivity contribution in [1.82, 2.24) is 4.98 Å². The normalized spacial score (nSPS) is 5.89. The molecule has 0 bridgehead atoms. The van der Waals surface area contributed by atoms with E-state index < -0.39 is 0 Å². The van der Waals surface area contributed by atoms with Gasteiger partial charge in [0.15, 0.2) is 0 Å². The van der Waals surface area contributed by atoms with E-state index in [-0.39, 0.29) is 44.6 Å². The molecule has 1 nitrogen and oxygen atoms in total. The molecule has 1 rings (SSSR count). The van der Waals surface area contributed by atoms with E-state index in [1.54, 1.807) is 0 Å². The summed E-state index contributed by atoms with van der Waals surface area (Å²) in [6.45, 7) is 2.00. The Balaban J connectivity index is -0.000000120. The van der Waals surface area contributed by atoms with Gasteiger partial charge >= 0.3 is 19.8 Å². The maximum absolute atomic E-state index is 2.88. The van der Waals surface area contributed by atoms with Crippen LogP contribution < -0.4 is 24.8 Å². The van der Waals surface area contributed by atoms with E-state index in [4.69, 9.17) is 0 Å². The number of halogens is 2. The van der Waals surface area contributed by atoms with Crippen molar-refractivity contribution in [3.05, 3.63) is 24.0 Å². The van der Waals surface area contributed by atoms with E-state index in [0.717, 1.165) is 5.56 Å². The third kappa shape index (κ3) is 6.38. The molecule has 0 fully saturated rings. The Bertz CT molecular complexity index is 119. The van der Waals surface area contributed by atoms with Crippen LogP contribution in [0, 0.1) is 13.1 Å². The number of nitrogens with one attached hydrogen (secondary N) is 1. The number of hydrogen-bond acceptors (Lipinski definition) is 0. The molecule has 1 heterocycles. The maximum Gasteiger partial charge on any atom is 2.00 e. The minimum atomic E-state index is 0. The molecule has 4 heteroatoms. The monoisotopic (exact) mass is 342 g/mol. The van der Waals surface area contributed by atoms with E-state index in [1.165, 1.54) is 0 Å². The molecular weight excluding hydrogens is 335 g/mol. The van der Waals surface area contributed by atoms with Crippen molar-refractivity contribution < 1.29 is 44.6 Å². The van der Waals surface area contributed by atoms with Gasteiger partial charge in [0.25, 0.3) is 0 Å². The van der Waals surface area contributed by atoms with Crippen molar-refractivity contribution in [1.29, 1.82) is 0 Å². The Morgan fingerprint density at radius 3 is 2.11 bits per heavy atom. The second kappa shape index (κ2) is 8.50. The van der Waals surface area contributed by atoms with Gasteiger partial charge in [0.05, 0.1) is 0 Å². The Hall–Kier alpha value is 0.496. The van der Waals surface area contributed by atoms with Gasteiger partial charge in [-0.2, -0.15) is 17.8 Å². The quantitative estimate of drug-likeness (QED) is 0.456. The number of aryl methyl sites for hydroxylation is 1. The van der Waals surface area contributed by atoms with Crippen LogP contribution in [0.5, 0.6) is 0 Å². The van der Waals surface area contributed by atoms with Gasteiger partial charge in [0.1, 0.15) is 0 Å². The predicted octanol–water partition coefficient (Wildman–Crippen LogP) is -4.87. The molecule has 0 aliphatic heterocycles. The molecule has 0 atom stereocenters. The zero-order valence-electron chi connectivity index (χ0n) is 4.76. The Morgan fingerprint density at radius 1 is 1.44 bits per heavy atom. The smallest absolute Gasteiger partial charge is 1.00 e. The molecule has 0 unspecified atom stereocenters. The van der Waals surface area contributed by atoms with Crippen molar-refractivity contribution in [2.75, 3.05) is 0 Å². The van der Waals surface area contributed by atoms with Gasteiger partial charge in [0, 0.05) is 0 Å². The number of rotatable bonds is 0. The van der Waals surface area contributed by atoms with Crippen LogP contribution in [0.1, 0.15) is 5.56 Å². The van der Waals surface area contributed by atoms with E-state index in [9.17, 15) is 0 Å². The second-order valence-electron chi connectivity index (χ2n) is 1.29. The average molecular weight is 341 g/mol. The first-order valence-corrected chi connectivity index (χ1v) is 1.91. The average Bonchev–Trinajstić information content (AvgIpc) is 1.86. The largest absolute Gasteiger partial charge is 2.00 e. The molecule has 0 aliphatic rings. The molecule has 0 saturated heterocycles. The number of aromatic amines is 1. The molecule has 0 saturated carbocycles. The molecule has 0 spiro atoms. The van der Waals surface area contributed by atoms with E-state index in [2.05, 4.69) is 11.2 Å². The first-order valence-electron chi connectivity index (χ1n) is 1.91. The molecule has 0 radical (unpaired) electrons. The fourth-order valence-electron chi connectivity index (χ4n) is 0.364. The molecule has 1 aromatic heterocycles. The van der Waals surface area contributed by atoms with Gasteiger partial charge in [0.2, 0.25) is 0 Å². The minimum absolute atomic E-state index is 0. The Labute approximate surface area is 80.5 Å². The van der Waals surface area contributed by atoms with E-state index in [0.29, 0.717) is 0 Å². The fraction of sp³-hybridized carbons (Fsp3) is 0.200. The summed E-state index contributed by atoms with van der Waals surface area (Å²) in [7, 11) is 0. The number of aromatic nitrogens is 1. The minimum Gasteiger partial charge on any atom is -1.00 e. The summed E-state index contributed by atoms with van der Waals surface area (Å²) in [5.74, 6) is 0. The molecule has 1 N–H and O–H groups in total.